The van der Waals surface area contributed by atoms with Crippen molar-refractivity contribution in [1.82, 2.24) is 4.90 Å². The van der Waals surface area contributed by atoms with E-state index >= 15 is 0 Å². The number of aryl methyl sites for hydroxylation is 1. The van der Waals surface area contributed by atoms with E-state index in [4.69, 9.17) is 5.73 Å². The van der Waals surface area contributed by atoms with Gasteiger partial charge in [-0.3, -0.25) is 4.90 Å². The number of rotatable bonds is 4. The monoisotopic (exact) mass is 288 g/mol. The first kappa shape index (κ1) is 16.5. The minimum atomic E-state index is 0.144. The van der Waals surface area contributed by atoms with Crippen LogP contribution in [0.5, 0.6) is 0 Å². The van der Waals surface area contributed by atoms with Gasteiger partial charge in [-0.1, -0.05) is 50.6 Å². The lowest BCUT2D eigenvalue weighted by Gasteiger charge is -2.52. The van der Waals surface area contributed by atoms with E-state index < -0.39 is 0 Å². The van der Waals surface area contributed by atoms with Gasteiger partial charge in [-0.2, -0.15) is 0 Å². The Morgan fingerprint density at radius 3 is 2.57 bits per heavy atom. The fourth-order valence-corrected chi connectivity index (χ4v) is 4.55. The summed E-state index contributed by atoms with van der Waals surface area (Å²) >= 11 is 0. The molecule has 1 aromatic rings. The van der Waals surface area contributed by atoms with Crippen molar-refractivity contribution in [3.05, 3.63) is 35.4 Å². The van der Waals surface area contributed by atoms with E-state index in [9.17, 15) is 0 Å². The maximum atomic E-state index is 6.26. The molecule has 1 aromatic carbocycles. The Morgan fingerprint density at radius 1 is 1.29 bits per heavy atom. The summed E-state index contributed by atoms with van der Waals surface area (Å²) < 4.78 is 0. The SMILES string of the molecule is Cc1cccc(CN(C)C2(CN)CC(C)CC(C)(C)C2)c1. The molecule has 1 aliphatic carbocycles. The molecule has 0 aromatic heterocycles. The molecule has 118 valence electrons. The molecule has 2 N–H and O–H groups in total. The van der Waals surface area contributed by atoms with E-state index in [1.54, 1.807) is 0 Å². The van der Waals surface area contributed by atoms with Gasteiger partial charge in [0.1, 0.15) is 0 Å². The molecule has 2 heteroatoms. The zero-order valence-corrected chi connectivity index (χ0v) is 14.4. The molecule has 0 aliphatic heterocycles. The molecule has 0 heterocycles. The summed E-state index contributed by atoms with van der Waals surface area (Å²) in [4.78, 5) is 2.51. The van der Waals surface area contributed by atoms with Gasteiger partial charge in [0.05, 0.1) is 0 Å². The topological polar surface area (TPSA) is 29.3 Å². The van der Waals surface area contributed by atoms with E-state index in [-0.39, 0.29) is 5.54 Å². The number of nitrogens with zero attached hydrogens (tertiary/aromatic N) is 1. The van der Waals surface area contributed by atoms with Crippen molar-refractivity contribution in [2.75, 3.05) is 13.6 Å². The highest BCUT2D eigenvalue weighted by molar-refractivity contribution is 5.22. The van der Waals surface area contributed by atoms with Gasteiger partial charge in [0, 0.05) is 18.6 Å². The summed E-state index contributed by atoms with van der Waals surface area (Å²) in [6.07, 6.45) is 3.73. The van der Waals surface area contributed by atoms with Crippen LogP contribution in [0.2, 0.25) is 0 Å². The number of hydrogen-bond acceptors (Lipinski definition) is 2. The van der Waals surface area contributed by atoms with Gasteiger partial charge in [0.25, 0.3) is 0 Å². The van der Waals surface area contributed by atoms with Crippen LogP contribution in [0.4, 0.5) is 0 Å². The molecule has 0 amide bonds. The Morgan fingerprint density at radius 2 is 2.00 bits per heavy atom. The summed E-state index contributed by atoms with van der Waals surface area (Å²) in [6.45, 7) is 11.1. The molecule has 1 aliphatic rings. The van der Waals surface area contributed by atoms with Crippen molar-refractivity contribution >= 4 is 0 Å². The summed E-state index contributed by atoms with van der Waals surface area (Å²) in [7, 11) is 2.25. The maximum absolute atomic E-state index is 6.26. The minimum Gasteiger partial charge on any atom is -0.329 e. The molecule has 1 saturated carbocycles. The molecule has 2 unspecified atom stereocenters. The van der Waals surface area contributed by atoms with Crippen molar-refractivity contribution < 1.29 is 0 Å². The number of nitrogens with two attached hydrogens (primary N) is 1. The van der Waals surface area contributed by atoms with Gasteiger partial charge in [-0.05, 0) is 50.1 Å². The van der Waals surface area contributed by atoms with Gasteiger partial charge in [0.15, 0.2) is 0 Å². The fourth-order valence-electron chi connectivity index (χ4n) is 4.55. The predicted octanol–water partition coefficient (Wildman–Crippen LogP) is 3.97. The van der Waals surface area contributed by atoms with Crippen LogP contribution < -0.4 is 5.73 Å². The Hall–Kier alpha value is -0.860. The second kappa shape index (κ2) is 6.10. The maximum Gasteiger partial charge on any atom is 0.0339 e. The molecular formula is C19H32N2. The average Bonchev–Trinajstić information content (AvgIpc) is 2.36. The third-order valence-corrected chi connectivity index (χ3v) is 5.13. The van der Waals surface area contributed by atoms with Crippen LogP contribution in [-0.4, -0.2) is 24.0 Å². The quantitative estimate of drug-likeness (QED) is 0.908. The largest absolute Gasteiger partial charge is 0.329 e. The molecule has 2 atom stereocenters. The van der Waals surface area contributed by atoms with E-state index in [1.165, 1.54) is 30.4 Å². The Kier molecular flexibility index (Phi) is 4.79. The van der Waals surface area contributed by atoms with Crippen LogP contribution in [0, 0.1) is 18.3 Å². The minimum absolute atomic E-state index is 0.144. The molecule has 1 fully saturated rings. The first-order valence-electron chi connectivity index (χ1n) is 8.23. The van der Waals surface area contributed by atoms with Gasteiger partial charge in [-0.25, -0.2) is 0 Å². The Bertz CT molecular complexity index is 480. The van der Waals surface area contributed by atoms with Crippen LogP contribution in [0.1, 0.15) is 51.2 Å². The number of hydrogen-bond donors (Lipinski definition) is 1. The highest BCUT2D eigenvalue weighted by Gasteiger charge is 2.44. The number of benzene rings is 1. The third-order valence-electron chi connectivity index (χ3n) is 5.13. The molecule has 2 rings (SSSR count). The molecule has 21 heavy (non-hydrogen) atoms. The van der Waals surface area contributed by atoms with E-state index in [0.29, 0.717) is 5.41 Å². The lowest BCUT2D eigenvalue weighted by Crippen LogP contribution is -2.57. The van der Waals surface area contributed by atoms with Crippen LogP contribution >= 0.6 is 0 Å². The molecule has 0 radical (unpaired) electrons. The van der Waals surface area contributed by atoms with Crippen molar-refractivity contribution in [2.45, 2.75) is 59.0 Å². The molecule has 0 bridgehead atoms. The summed E-state index contributed by atoms with van der Waals surface area (Å²) in [5.41, 5.74) is 9.52. The van der Waals surface area contributed by atoms with E-state index in [2.05, 4.69) is 63.9 Å². The van der Waals surface area contributed by atoms with E-state index in [1.807, 2.05) is 0 Å². The molecule has 2 nitrogen and oxygen atoms in total. The average molecular weight is 288 g/mol. The first-order chi connectivity index (χ1) is 9.76. The van der Waals surface area contributed by atoms with Crippen molar-refractivity contribution in [3.63, 3.8) is 0 Å². The normalized spacial score (nSPS) is 28.8. The van der Waals surface area contributed by atoms with Crippen LogP contribution in [0.15, 0.2) is 24.3 Å². The molecule has 0 saturated heterocycles. The van der Waals surface area contributed by atoms with Crippen molar-refractivity contribution in [1.29, 1.82) is 0 Å². The van der Waals surface area contributed by atoms with Gasteiger partial charge < -0.3 is 5.73 Å². The lowest BCUT2D eigenvalue weighted by molar-refractivity contribution is -0.00114. The van der Waals surface area contributed by atoms with Crippen LogP contribution in [0.25, 0.3) is 0 Å². The third kappa shape index (κ3) is 3.87. The van der Waals surface area contributed by atoms with Gasteiger partial charge in [0.2, 0.25) is 0 Å². The second-order valence-electron chi connectivity index (χ2n) is 8.13. The molecular weight excluding hydrogens is 256 g/mol. The van der Waals surface area contributed by atoms with Crippen molar-refractivity contribution in [2.24, 2.45) is 17.1 Å². The smallest absolute Gasteiger partial charge is 0.0339 e. The fraction of sp³-hybridized carbons (Fsp3) is 0.684. The highest BCUT2D eigenvalue weighted by atomic mass is 15.2. The van der Waals surface area contributed by atoms with E-state index in [0.717, 1.165) is 19.0 Å². The second-order valence-corrected chi connectivity index (χ2v) is 8.13. The predicted molar refractivity (Wildman–Crippen MR) is 91.2 cm³/mol. The van der Waals surface area contributed by atoms with Crippen LogP contribution in [-0.2, 0) is 6.54 Å². The Balaban J connectivity index is 2.19. The van der Waals surface area contributed by atoms with Gasteiger partial charge >= 0.3 is 0 Å². The zero-order chi connectivity index (χ0) is 15.7. The lowest BCUT2D eigenvalue weighted by atomic mass is 9.63. The van der Waals surface area contributed by atoms with Gasteiger partial charge in [-0.15, -0.1) is 0 Å². The summed E-state index contributed by atoms with van der Waals surface area (Å²) in [6, 6.07) is 8.83. The Labute approximate surface area is 130 Å². The zero-order valence-electron chi connectivity index (χ0n) is 14.4. The molecule has 0 spiro atoms. The summed E-state index contributed by atoms with van der Waals surface area (Å²) in [5.74, 6) is 0.747. The summed E-state index contributed by atoms with van der Waals surface area (Å²) in [5, 5.41) is 0. The highest BCUT2D eigenvalue weighted by Crippen LogP contribution is 2.46. The van der Waals surface area contributed by atoms with Crippen molar-refractivity contribution in [3.8, 4) is 0 Å². The van der Waals surface area contributed by atoms with Crippen LogP contribution in [0.3, 0.4) is 0 Å². The first-order valence-corrected chi connectivity index (χ1v) is 8.23. The number of likely N-dealkylation sites (N-methyl/N-ethyl adjacent to an activating group) is 1. The standard InChI is InChI=1S/C19H32N2/c1-15-7-6-8-17(9-15)12-21(5)19(14-20)11-16(2)10-18(3,4)13-19/h6-9,16H,10-14,20H2,1-5H3.